The Hall–Kier alpha value is -2.10. The van der Waals surface area contributed by atoms with Gasteiger partial charge in [0.15, 0.2) is 0 Å². The average molecular weight is 599 g/mol. The molecular formula is C26H33BrClN3O4S. The van der Waals surface area contributed by atoms with Gasteiger partial charge in [0.1, 0.15) is 6.04 Å². The van der Waals surface area contributed by atoms with Gasteiger partial charge >= 0.3 is 0 Å². The van der Waals surface area contributed by atoms with Crippen LogP contribution in [-0.2, 0) is 26.2 Å². The summed E-state index contributed by atoms with van der Waals surface area (Å²) in [6.45, 7) is 2.16. The van der Waals surface area contributed by atoms with Crippen molar-refractivity contribution in [1.82, 2.24) is 10.2 Å². The van der Waals surface area contributed by atoms with Gasteiger partial charge in [-0.15, -0.1) is 0 Å². The molecule has 0 heterocycles. The number of hydrogen-bond donors (Lipinski definition) is 1. The average Bonchev–Trinajstić information content (AvgIpc) is 3.33. The van der Waals surface area contributed by atoms with Crippen molar-refractivity contribution in [1.29, 1.82) is 0 Å². The Bertz CT molecular complexity index is 1150. The topological polar surface area (TPSA) is 86.8 Å². The fraction of sp³-hybridized carbons (Fsp3) is 0.462. The number of carbonyl (C=O) groups excluding carboxylic acids is 2. The Kier molecular flexibility index (Phi) is 10.2. The zero-order valence-electron chi connectivity index (χ0n) is 20.6. The monoisotopic (exact) mass is 597 g/mol. The van der Waals surface area contributed by atoms with Crippen molar-refractivity contribution in [2.45, 2.75) is 64.1 Å². The summed E-state index contributed by atoms with van der Waals surface area (Å²) in [6.07, 6.45) is 5.66. The summed E-state index contributed by atoms with van der Waals surface area (Å²) in [6, 6.07) is 13.7. The van der Waals surface area contributed by atoms with Crippen molar-refractivity contribution in [2.24, 2.45) is 0 Å². The SMILES string of the molecule is C[C@@H](C(=O)NC1CCCC1)N(Cc1ccc(Br)cc1)C(=O)CCCN(c1cccc(Cl)c1)S(C)(=O)=O. The molecular weight excluding hydrogens is 566 g/mol. The number of hydrogen-bond acceptors (Lipinski definition) is 4. The van der Waals surface area contributed by atoms with Crippen LogP contribution in [0.2, 0.25) is 5.02 Å². The molecule has 0 aliphatic heterocycles. The Balaban J connectivity index is 1.71. The van der Waals surface area contributed by atoms with E-state index < -0.39 is 16.1 Å². The molecule has 1 aliphatic rings. The molecule has 10 heteroatoms. The van der Waals surface area contributed by atoms with Crippen LogP contribution in [0.15, 0.2) is 53.0 Å². The Morgan fingerprint density at radius 2 is 1.81 bits per heavy atom. The number of rotatable bonds is 11. The Morgan fingerprint density at radius 1 is 1.14 bits per heavy atom. The van der Waals surface area contributed by atoms with Gasteiger partial charge in [-0.05, 0) is 62.1 Å². The van der Waals surface area contributed by atoms with Crippen LogP contribution in [0.5, 0.6) is 0 Å². The Labute approximate surface area is 227 Å². The first-order chi connectivity index (χ1) is 17.0. The van der Waals surface area contributed by atoms with Crippen LogP contribution in [0.4, 0.5) is 5.69 Å². The molecule has 1 N–H and O–H groups in total. The number of nitrogens with zero attached hydrogens (tertiary/aromatic N) is 2. The van der Waals surface area contributed by atoms with Crippen molar-refractivity contribution >= 4 is 55.1 Å². The molecule has 7 nitrogen and oxygen atoms in total. The first kappa shape index (κ1) is 28.5. The van der Waals surface area contributed by atoms with Crippen LogP contribution in [-0.4, -0.2) is 50.0 Å². The minimum absolute atomic E-state index is 0.101. The van der Waals surface area contributed by atoms with Crippen molar-refractivity contribution in [3.05, 3.63) is 63.6 Å². The number of nitrogens with one attached hydrogen (secondary N) is 1. The third-order valence-corrected chi connectivity index (χ3v) is 8.34. The molecule has 196 valence electrons. The second-order valence-electron chi connectivity index (χ2n) is 9.23. The summed E-state index contributed by atoms with van der Waals surface area (Å²) < 4.78 is 27.0. The second-order valence-corrected chi connectivity index (χ2v) is 12.5. The van der Waals surface area contributed by atoms with E-state index in [0.29, 0.717) is 17.1 Å². The fourth-order valence-electron chi connectivity index (χ4n) is 4.40. The molecule has 0 aromatic heterocycles. The second kappa shape index (κ2) is 12.9. The number of anilines is 1. The molecule has 3 rings (SSSR count). The van der Waals surface area contributed by atoms with Gasteiger partial charge < -0.3 is 10.2 Å². The highest BCUT2D eigenvalue weighted by atomic mass is 79.9. The molecule has 1 aliphatic carbocycles. The quantitative estimate of drug-likeness (QED) is 0.389. The molecule has 0 radical (unpaired) electrons. The number of amides is 2. The summed E-state index contributed by atoms with van der Waals surface area (Å²) in [5.41, 5.74) is 1.36. The van der Waals surface area contributed by atoms with Crippen LogP contribution in [0, 0.1) is 0 Å². The normalized spacial score (nSPS) is 14.9. The maximum atomic E-state index is 13.4. The lowest BCUT2D eigenvalue weighted by molar-refractivity contribution is -0.141. The largest absolute Gasteiger partial charge is 0.352 e. The van der Waals surface area contributed by atoms with Crippen LogP contribution < -0.4 is 9.62 Å². The van der Waals surface area contributed by atoms with Crippen molar-refractivity contribution < 1.29 is 18.0 Å². The maximum Gasteiger partial charge on any atom is 0.242 e. The van der Waals surface area contributed by atoms with E-state index in [4.69, 9.17) is 11.6 Å². The predicted octanol–water partition coefficient (Wildman–Crippen LogP) is 5.12. The van der Waals surface area contributed by atoms with E-state index >= 15 is 0 Å². The minimum Gasteiger partial charge on any atom is -0.352 e. The van der Waals surface area contributed by atoms with Crippen LogP contribution >= 0.6 is 27.5 Å². The highest BCUT2D eigenvalue weighted by Gasteiger charge is 2.28. The van der Waals surface area contributed by atoms with Crippen molar-refractivity contribution in [3.63, 3.8) is 0 Å². The molecule has 1 fully saturated rings. The van der Waals surface area contributed by atoms with Crippen LogP contribution in [0.1, 0.15) is 51.0 Å². The standard InChI is InChI=1S/C26H33BrClN3O4S/c1-19(26(33)29-23-8-3-4-9-23)30(18-20-12-14-21(27)15-13-20)25(32)11-6-16-31(36(2,34)35)24-10-5-7-22(28)17-24/h5,7,10,12-15,17,19,23H,3-4,6,8-9,11,16,18H2,1-2H3,(H,29,33)/t19-/m0/s1. The van der Waals surface area contributed by atoms with E-state index in [9.17, 15) is 18.0 Å². The third kappa shape index (κ3) is 8.21. The maximum absolute atomic E-state index is 13.4. The van der Waals surface area contributed by atoms with E-state index in [1.807, 2.05) is 24.3 Å². The Morgan fingerprint density at radius 3 is 2.42 bits per heavy atom. The first-order valence-corrected chi connectivity index (χ1v) is 15.1. The zero-order valence-corrected chi connectivity index (χ0v) is 23.8. The number of carbonyl (C=O) groups is 2. The number of halogens is 2. The fourth-order valence-corrected chi connectivity index (χ4v) is 5.80. The number of sulfonamides is 1. The zero-order chi connectivity index (χ0) is 26.3. The van der Waals surface area contributed by atoms with E-state index in [1.54, 1.807) is 36.1 Å². The van der Waals surface area contributed by atoms with Gasteiger partial charge in [0.2, 0.25) is 21.8 Å². The van der Waals surface area contributed by atoms with Gasteiger partial charge in [-0.3, -0.25) is 13.9 Å². The summed E-state index contributed by atoms with van der Waals surface area (Å²) in [5, 5.41) is 3.52. The van der Waals surface area contributed by atoms with Crippen LogP contribution in [0.25, 0.3) is 0 Å². The summed E-state index contributed by atoms with van der Waals surface area (Å²) in [4.78, 5) is 28.0. The van der Waals surface area contributed by atoms with Gasteiger partial charge in [0.05, 0.1) is 11.9 Å². The smallest absolute Gasteiger partial charge is 0.242 e. The summed E-state index contributed by atoms with van der Waals surface area (Å²) in [7, 11) is -3.57. The molecule has 1 atom stereocenters. The predicted molar refractivity (Wildman–Crippen MR) is 147 cm³/mol. The lowest BCUT2D eigenvalue weighted by atomic mass is 10.1. The van der Waals surface area contributed by atoms with Gasteiger partial charge in [-0.1, -0.05) is 58.6 Å². The molecule has 0 unspecified atom stereocenters. The minimum atomic E-state index is -3.57. The molecule has 0 spiro atoms. The van der Waals surface area contributed by atoms with Crippen molar-refractivity contribution in [3.8, 4) is 0 Å². The molecule has 36 heavy (non-hydrogen) atoms. The molecule has 2 amide bonds. The van der Waals surface area contributed by atoms with Crippen LogP contribution in [0.3, 0.4) is 0 Å². The molecule has 0 bridgehead atoms. The highest BCUT2D eigenvalue weighted by molar-refractivity contribution is 9.10. The third-order valence-electron chi connectivity index (χ3n) is 6.38. The summed E-state index contributed by atoms with van der Waals surface area (Å²) >= 11 is 9.48. The van der Waals surface area contributed by atoms with E-state index in [0.717, 1.165) is 42.0 Å². The first-order valence-electron chi connectivity index (χ1n) is 12.1. The molecule has 2 aromatic carbocycles. The molecule has 0 saturated heterocycles. The van der Waals surface area contributed by atoms with Gasteiger partial charge in [0.25, 0.3) is 0 Å². The summed E-state index contributed by atoms with van der Waals surface area (Å²) in [5.74, 6) is -0.365. The van der Waals surface area contributed by atoms with Crippen molar-refractivity contribution in [2.75, 3.05) is 17.1 Å². The highest BCUT2D eigenvalue weighted by Crippen LogP contribution is 2.23. The van der Waals surface area contributed by atoms with E-state index in [2.05, 4.69) is 21.2 Å². The van der Waals surface area contributed by atoms with Gasteiger partial charge in [-0.2, -0.15) is 0 Å². The van der Waals surface area contributed by atoms with E-state index in [-0.39, 0.29) is 37.4 Å². The van der Waals surface area contributed by atoms with E-state index in [1.165, 1.54) is 4.31 Å². The number of benzene rings is 2. The molecule has 2 aromatic rings. The lowest BCUT2D eigenvalue weighted by Gasteiger charge is -2.30. The van der Waals surface area contributed by atoms with Gasteiger partial charge in [0, 0.05) is 35.0 Å². The van der Waals surface area contributed by atoms with Gasteiger partial charge in [-0.25, -0.2) is 8.42 Å². The molecule has 1 saturated carbocycles. The lowest BCUT2D eigenvalue weighted by Crippen LogP contribution is -2.49.